The number of hydrogen-bond donors (Lipinski definition) is 0. The SMILES string of the molecule is CCCn1nc(C)c(C(=O)ON2C(=O)c3ccccc3C2=O)c1C. The summed E-state index contributed by atoms with van der Waals surface area (Å²) in [6.45, 7) is 6.13. The van der Waals surface area contributed by atoms with Crippen molar-refractivity contribution in [2.75, 3.05) is 0 Å². The Morgan fingerprint density at radius 1 is 1.12 bits per heavy atom. The monoisotopic (exact) mass is 327 g/mol. The summed E-state index contributed by atoms with van der Waals surface area (Å²) in [5.74, 6) is -2.04. The number of fused-ring (bicyclic) bond motifs is 1. The molecule has 0 N–H and O–H groups in total. The van der Waals surface area contributed by atoms with Crippen LogP contribution in [0.5, 0.6) is 0 Å². The van der Waals surface area contributed by atoms with E-state index < -0.39 is 17.8 Å². The zero-order valence-electron chi connectivity index (χ0n) is 13.7. The average molecular weight is 327 g/mol. The Morgan fingerprint density at radius 2 is 1.71 bits per heavy atom. The maximum absolute atomic E-state index is 12.5. The van der Waals surface area contributed by atoms with Gasteiger partial charge >= 0.3 is 5.97 Å². The van der Waals surface area contributed by atoms with Gasteiger partial charge in [-0.2, -0.15) is 5.10 Å². The average Bonchev–Trinajstić information content (AvgIpc) is 2.97. The van der Waals surface area contributed by atoms with E-state index in [2.05, 4.69) is 5.10 Å². The van der Waals surface area contributed by atoms with Gasteiger partial charge in [-0.15, -0.1) is 0 Å². The molecular formula is C17H17N3O4. The van der Waals surface area contributed by atoms with Crippen molar-refractivity contribution in [3.8, 4) is 0 Å². The van der Waals surface area contributed by atoms with Crippen molar-refractivity contribution in [1.29, 1.82) is 0 Å². The Labute approximate surface area is 138 Å². The van der Waals surface area contributed by atoms with E-state index in [9.17, 15) is 14.4 Å². The highest BCUT2D eigenvalue weighted by molar-refractivity contribution is 6.21. The summed E-state index contributed by atoms with van der Waals surface area (Å²) in [7, 11) is 0. The number of carbonyl (C=O) groups excluding carboxylic acids is 3. The largest absolute Gasteiger partial charge is 0.367 e. The van der Waals surface area contributed by atoms with Crippen molar-refractivity contribution in [2.24, 2.45) is 0 Å². The minimum atomic E-state index is -0.762. The summed E-state index contributed by atoms with van der Waals surface area (Å²) < 4.78 is 1.72. The van der Waals surface area contributed by atoms with E-state index in [-0.39, 0.29) is 16.7 Å². The van der Waals surface area contributed by atoms with Crippen molar-refractivity contribution >= 4 is 17.8 Å². The van der Waals surface area contributed by atoms with Crippen molar-refractivity contribution in [1.82, 2.24) is 14.8 Å². The van der Waals surface area contributed by atoms with E-state index in [0.717, 1.165) is 6.42 Å². The van der Waals surface area contributed by atoms with Gasteiger partial charge in [0, 0.05) is 6.54 Å². The minimum Gasteiger partial charge on any atom is -0.324 e. The molecule has 1 aromatic heterocycles. The predicted octanol–water partition coefficient (Wildman–Crippen LogP) is 2.28. The maximum atomic E-state index is 12.5. The summed E-state index contributed by atoms with van der Waals surface area (Å²) in [5.41, 5.74) is 1.88. The standard InChI is InChI=1S/C17H17N3O4/c1-4-9-19-11(3)14(10(2)18-19)17(23)24-20-15(21)12-7-5-6-8-13(12)16(20)22/h5-8H,4,9H2,1-3H3. The van der Waals surface area contributed by atoms with Crippen LogP contribution in [0.1, 0.15) is 55.8 Å². The number of imide groups is 1. The lowest BCUT2D eigenvalue weighted by atomic mass is 10.1. The summed E-state index contributed by atoms with van der Waals surface area (Å²) in [6, 6.07) is 6.36. The molecule has 7 heteroatoms. The molecule has 0 saturated carbocycles. The van der Waals surface area contributed by atoms with Gasteiger partial charge in [0.15, 0.2) is 0 Å². The first kappa shape index (κ1) is 15.9. The molecule has 3 rings (SSSR count). The van der Waals surface area contributed by atoms with E-state index in [1.807, 2.05) is 6.92 Å². The van der Waals surface area contributed by atoms with E-state index in [1.165, 1.54) is 12.1 Å². The highest BCUT2D eigenvalue weighted by Gasteiger charge is 2.39. The van der Waals surface area contributed by atoms with Crippen LogP contribution in [0.4, 0.5) is 0 Å². The first-order valence-corrected chi connectivity index (χ1v) is 7.69. The molecule has 2 heterocycles. The Bertz CT molecular complexity index is 819. The number of rotatable bonds is 4. The molecule has 0 unspecified atom stereocenters. The zero-order chi connectivity index (χ0) is 17.4. The number of carbonyl (C=O) groups is 3. The molecular weight excluding hydrogens is 310 g/mol. The molecule has 1 aliphatic rings. The van der Waals surface area contributed by atoms with Crippen LogP contribution in [0.25, 0.3) is 0 Å². The number of nitrogens with zero attached hydrogens (tertiary/aromatic N) is 3. The van der Waals surface area contributed by atoms with Crippen molar-refractivity contribution in [2.45, 2.75) is 33.7 Å². The molecule has 0 radical (unpaired) electrons. The van der Waals surface area contributed by atoms with Gasteiger partial charge in [-0.1, -0.05) is 24.1 Å². The number of benzene rings is 1. The van der Waals surface area contributed by atoms with Gasteiger partial charge in [-0.3, -0.25) is 14.3 Å². The molecule has 2 amide bonds. The fourth-order valence-electron chi connectivity index (χ4n) is 2.80. The molecule has 7 nitrogen and oxygen atoms in total. The third-order valence-corrected chi connectivity index (χ3v) is 3.95. The molecule has 0 spiro atoms. The molecule has 1 aliphatic heterocycles. The summed E-state index contributed by atoms with van der Waals surface area (Å²) in [4.78, 5) is 42.1. The smallest absolute Gasteiger partial charge is 0.324 e. The highest BCUT2D eigenvalue weighted by Crippen LogP contribution is 2.24. The van der Waals surface area contributed by atoms with Crippen molar-refractivity contribution < 1.29 is 19.2 Å². The summed E-state index contributed by atoms with van der Waals surface area (Å²) in [5, 5.41) is 4.82. The minimum absolute atomic E-state index is 0.227. The predicted molar refractivity (Wildman–Crippen MR) is 84.3 cm³/mol. The van der Waals surface area contributed by atoms with Crippen LogP contribution >= 0.6 is 0 Å². The number of aromatic nitrogens is 2. The molecule has 1 aromatic carbocycles. The van der Waals surface area contributed by atoms with Crippen LogP contribution in [0.2, 0.25) is 0 Å². The van der Waals surface area contributed by atoms with E-state index in [0.29, 0.717) is 23.0 Å². The van der Waals surface area contributed by atoms with Gasteiger partial charge in [0.05, 0.1) is 22.5 Å². The number of hydrogen-bond acceptors (Lipinski definition) is 5. The van der Waals surface area contributed by atoms with Gasteiger partial charge in [0.1, 0.15) is 5.56 Å². The molecule has 2 aromatic rings. The molecule has 0 saturated heterocycles. The van der Waals surface area contributed by atoms with Gasteiger partial charge in [-0.25, -0.2) is 4.79 Å². The van der Waals surface area contributed by atoms with Gasteiger partial charge < -0.3 is 4.84 Å². The van der Waals surface area contributed by atoms with Crippen LogP contribution in [0.3, 0.4) is 0 Å². The lowest BCUT2D eigenvalue weighted by molar-refractivity contribution is -0.0585. The van der Waals surface area contributed by atoms with Gasteiger partial charge in [0.2, 0.25) is 0 Å². The number of aryl methyl sites for hydroxylation is 2. The third-order valence-electron chi connectivity index (χ3n) is 3.95. The van der Waals surface area contributed by atoms with Gasteiger partial charge in [-0.05, 0) is 32.4 Å². The lowest BCUT2D eigenvalue weighted by Gasteiger charge is -2.12. The fraction of sp³-hybridized carbons (Fsp3) is 0.294. The van der Waals surface area contributed by atoms with Crippen molar-refractivity contribution in [3.05, 3.63) is 52.3 Å². The van der Waals surface area contributed by atoms with E-state index in [4.69, 9.17) is 4.84 Å². The second-order valence-electron chi connectivity index (χ2n) is 5.60. The first-order valence-electron chi connectivity index (χ1n) is 7.69. The molecule has 0 atom stereocenters. The zero-order valence-corrected chi connectivity index (χ0v) is 13.7. The van der Waals surface area contributed by atoms with E-state index >= 15 is 0 Å². The van der Waals surface area contributed by atoms with Crippen molar-refractivity contribution in [3.63, 3.8) is 0 Å². The van der Waals surface area contributed by atoms with Crippen LogP contribution in [-0.4, -0.2) is 32.6 Å². The summed E-state index contributed by atoms with van der Waals surface area (Å²) >= 11 is 0. The molecule has 124 valence electrons. The Kier molecular flexibility index (Phi) is 3.92. The summed E-state index contributed by atoms with van der Waals surface area (Å²) in [6.07, 6.45) is 0.870. The number of amides is 2. The van der Waals surface area contributed by atoms with Crippen LogP contribution in [0, 0.1) is 13.8 Å². The Morgan fingerprint density at radius 3 is 2.25 bits per heavy atom. The lowest BCUT2D eigenvalue weighted by Crippen LogP contribution is -2.33. The highest BCUT2D eigenvalue weighted by atomic mass is 16.7. The molecule has 24 heavy (non-hydrogen) atoms. The fourth-order valence-corrected chi connectivity index (χ4v) is 2.80. The first-order chi connectivity index (χ1) is 11.5. The quantitative estimate of drug-likeness (QED) is 0.805. The topological polar surface area (TPSA) is 81.5 Å². The van der Waals surface area contributed by atoms with Gasteiger partial charge in [0.25, 0.3) is 11.8 Å². The van der Waals surface area contributed by atoms with E-state index in [1.54, 1.807) is 30.7 Å². The normalized spacial score (nSPS) is 13.4. The molecule has 0 bridgehead atoms. The Hall–Kier alpha value is -2.96. The van der Waals surface area contributed by atoms with Crippen LogP contribution < -0.4 is 0 Å². The third kappa shape index (κ3) is 2.38. The molecule has 0 fully saturated rings. The second-order valence-corrected chi connectivity index (χ2v) is 5.60. The maximum Gasteiger partial charge on any atom is 0.367 e. The van der Waals surface area contributed by atoms with Crippen LogP contribution in [-0.2, 0) is 11.4 Å². The Balaban J connectivity index is 1.87. The van der Waals surface area contributed by atoms with Crippen LogP contribution in [0.15, 0.2) is 24.3 Å². The second kappa shape index (κ2) is 5.92. The molecule has 0 aliphatic carbocycles. The number of hydroxylamine groups is 2.